The molecule has 0 heterocycles. The lowest BCUT2D eigenvalue weighted by Gasteiger charge is -2.12. The number of hydrogen-bond donors (Lipinski definition) is 0. The summed E-state index contributed by atoms with van der Waals surface area (Å²) in [6, 6.07) is 20.2. The highest BCUT2D eigenvalue weighted by Crippen LogP contribution is 2.31. The average molecular weight is 323 g/mol. The van der Waals surface area contributed by atoms with Gasteiger partial charge in [0.05, 0.1) is 0 Å². The molecule has 2 aromatic rings. The third-order valence-corrected chi connectivity index (χ3v) is 6.00. The predicted octanol–water partition coefficient (Wildman–Crippen LogP) is 4.94. The maximum absolute atomic E-state index is 11.5. The van der Waals surface area contributed by atoms with Crippen LogP contribution in [-0.2, 0) is 16.3 Å². The Morgan fingerprint density at radius 3 is 1.60 bits per heavy atom. The second kappa shape index (κ2) is 8.40. The van der Waals surface area contributed by atoms with Crippen LogP contribution in [0.2, 0.25) is 0 Å². The Labute approximate surface area is 133 Å². The molecule has 0 radical (unpaired) electrons. The van der Waals surface area contributed by atoms with Crippen LogP contribution in [0.1, 0.15) is 11.1 Å². The first-order chi connectivity index (χ1) is 9.75. The number of carbonyl (C=O) groups excluding carboxylic acids is 1. The summed E-state index contributed by atoms with van der Waals surface area (Å²) in [5.41, 5.74) is 2.42. The second-order valence-electron chi connectivity index (χ2n) is 4.23. The fourth-order valence-electron chi connectivity index (χ4n) is 1.67. The number of thioether (sulfide) groups is 2. The first-order valence-corrected chi connectivity index (χ1v) is 8.73. The zero-order chi connectivity index (χ0) is 14.2. The van der Waals surface area contributed by atoms with Crippen LogP contribution in [0.15, 0.2) is 60.7 Å². The van der Waals surface area contributed by atoms with Crippen LogP contribution in [0, 0.1) is 0 Å². The summed E-state index contributed by atoms with van der Waals surface area (Å²) >= 11 is 8.86. The third kappa shape index (κ3) is 5.23. The number of hydrogen-bond acceptors (Lipinski definition) is 3. The highest BCUT2D eigenvalue weighted by molar-refractivity contribution is 8.17. The molecule has 0 N–H and O–H groups in total. The van der Waals surface area contributed by atoms with Crippen molar-refractivity contribution < 1.29 is 4.79 Å². The summed E-state index contributed by atoms with van der Waals surface area (Å²) in [7, 11) is 0. The van der Waals surface area contributed by atoms with Crippen molar-refractivity contribution in [2.24, 2.45) is 0 Å². The molecule has 0 aliphatic rings. The van der Waals surface area contributed by atoms with Crippen LogP contribution < -0.4 is 0 Å². The van der Waals surface area contributed by atoms with Crippen LogP contribution in [0.4, 0.5) is 0 Å². The summed E-state index contributed by atoms with van der Waals surface area (Å²) in [5.74, 6) is 1.59. The third-order valence-electron chi connectivity index (χ3n) is 2.67. The quantitative estimate of drug-likeness (QED) is 0.530. The molecule has 20 heavy (non-hydrogen) atoms. The molecule has 0 unspecified atom stereocenters. The van der Waals surface area contributed by atoms with E-state index in [1.165, 1.54) is 11.1 Å². The van der Waals surface area contributed by atoms with E-state index in [9.17, 15) is 4.79 Å². The van der Waals surface area contributed by atoms with Crippen LogP contribution in [-0.4, -0.2) is 9.82 Å². The largest absolute Gasteiger partial charge is 0.279 e. The molecule has 0 aliphatic carbocycles. The normalized spacial score (nSPS) is 10.7. The minimum absolute atomic E-state index is 0.225. The van der Waals surface area contributed by atoms with Crippen molar-refractivity contribution in [1.29, 1.82) is 0 Å². The summed E-state index contributed by atoms with van der Waals surface area (Å²) < 4.78 is -0.225. The van der Waals surface area contributed by atoms with Gasteiger partial charge in [-0.25, -0.2) is 0 Å². The van der Waals surface area contributed by atoms with E-state index in [1.54, 1.807) is 23.5 Å². The van der Waals surface area contributed by atoms with Crippen molar-refractivity contribution in [2.45, 2.75) is 16.1 Å². The summed E-state index contributed by atoms with van der Waals surface area (Å²) in [5, 5.41) is -0.285. The molecule has 104 valence electrons. The zero-order valence-corrected chi connectivity index (χ0v) is 13.3. The molecule has 1 nitrogen and oxygen atoms in total. The predicted molar refractivity (Wildman–Crippen MR) is 90.1 cm³/mol. The number of carbonyl (C=O) groups is 1. The van der Waals surface area contributed by atoms with E-state index >= 15 is 0 Å². The van der Waals surface area contributed by atoms with E-state index in [4.69, 9.17) is 11.6 Å². The van der Waals surface area contributed by atoms with Crippen molar-refractivity contribution >= 4 is 40.4 Å². The molecule has 0 saturated carbocycles. The van der Waals surface area contributed by atoms with Crippen LogP contribution in [0.3, 0.4) is 0 Å². The number of halogens is 1. The molecular formula is C16H15ClOS2. The molecule has 2 aromatic carbocycles. The Morgan fingerprint density at radius 2 is 1.25 bits per heavy atom. The van der Waals surface area contributed by atoms with Crippen molar-refractivity contribution in [3.8, 4) is 0 Å². The minimum atomic E-state index is -0.285. The van der Waals surface area contributed by atoms with Gasteiger partial charge in [0.25, 0.3) is 0 Å². The first-order valence-electron chi connectivity index (χ1n) is 6.26. The molecule has 0 spiro atoms. The van der Waals surface area contributed by atoms with Gasteiger partial charge in [-0.1, -0.05) is 60.7 Å². The Kier molecular flexibility index (Phi) is 6.51. The standard InChI is InChI=1S/C16H15ClOS2/c17-15(18)16(19-11-13-7-3-1-4-8-13)20-12-14-9-5-2-6-10-14/h1-10,16H,11-12H2. The topological polar surface area (TPSA) is 17.1 Å². The summed E-state index contributed by atoms with van der Waals surface area (Å²) in [6.45, 7) is 0. The van der Waals surface area contributed by atoms with Gasteiger partial charge in [-0.3, -0.25) is 4.79 Å². The molecule has 0 amide bonds. The molecule has 4 heteroatoms. The molecule has 2 rings (SSSR count). The summed E-state index contributed by atoms with van der Waals surface area (Å²) in [6.07, 6.45) is 0. The number of benzene rings is 2. The van der Waals surface area contributed by atoms with Gasteiger partial charge in [-0.2, -0.15) is 0 Å². The smallest absolute Gasteiger partial charge is 0.244 e. The maximum atomic E-state index is 11.5. The van der Waals surface area contributed by atoms with Gasteiger partial charge in [-0.15, -0.1) is 23.5 Å². The van der Waals surface area contributed by atoms with Gasteiger partial charge >= 0.3 is 0 Å². The molecule has 0 atom stereocenters. The van der Waals surface area contributed by atoms with E-state index < -0.39 is 0 Å². The van der Waals surface area contributed by atoms with Gasteiger partial charge in [0, 0.05) is 11.5 Å². The van der Waals surface area contributed by atoms with Gasteiger partial charge < -0.3 is 0 Å². The Bertz CT molecular complexity index is 487. The Balaban J connectivity index is 1.86. The number of rotatable bonds is 7. The SMILES string of the molecule is O=C(Cl)C(SCc1ccccc1)SCc1ccccc1. The van der Waals surface area contributed by atoms with E-state index in [-0.39, 0.29) is 9.82 Å². The molecule has 0 saturated heterocycles. The summed E-state index contributed by atoms with van der Waals surface area (Å²) in [4.78, 5) is 11.5. The van der Waals surface area contributed by atoms with E-state index in [1.807, 2.05) is 36.4 Å². The average Bonchev–Trinajstić information content (AvgIpc) is 2.49. The van der Waals surface area contributed by atoms with E-state index in [0.717, 1.165) is 11.5 Å². The minimum Gasteiger partial charge on any atom is -0.279 e. The molecule has 0 bridgehead atoms. The van der Waals surface area contributed by atoms with Crippen molar-refractivity contribution in [3.05, 3.63) is 71.8 Å². The van der Waals surface area contributed by atoms with E-state index in [2.05, 4.69) is 24.3 Å². The van der Waals surface area contributed by atoms with Gasteiger partial charge in [0.2, 0.25) is 5.24 Å². The lowest BCUT2D eigenvalue weighted by atomic mass is 10.2. The van der Waals surface area contributed by atoms with Gasteiger partial charge in [0.1, 0.15) is 4.58 Å². The zero-order valence-electron chi connectivity index (χ0n) is 10.9. The fourth-order valence-corrected chi connectivity index (χ4v) is 4.18. The Hall–Kier alpha value is -0.900. The van der Waals surface area contributed by atoms with E-state index in [0.29, 0.717) is 0 Å². The second-order valence-corrected chi connectivity index (χ2v) is 7.09. The van der Waals surface area contributed by atoms with Crippen LogP contribution >= 0.6 is 35.1 Å². The van der Waals surface area contributed by atoms with Crippen molar-refractivity contribution in [2.75, 3.05) is 0 Å². The molecular weight excluding hydrogens is 308 g/mol. The van der Waals surface area contributed by atoms with Crippen molar-refractivity contribution in [3.63, 3.8) is 0 Å². The Morgan fingerprint density at radius 1 is 0.850 bits per heavy atom. The van der Waals surface area contributed by atoms with Gasteiger partial charge in [0.15, 0.2) is 0 Å². The lowest BCUT2D eigenvalue weighted by molar-refractivity contribution is -0.110. The molecule has 0 aliphatic heterocycles. The fraction of sp³-hybridized carbons (Fsp3) is 0.188. The van der Waals surface area contributed by atoms with Crippen molar-refractivity contribution in [1.82, 2.24) is 0 Å². The van der Waals surface area contributed by atoms with Gasteiger partial charge in [-0.05, 0) is 22.7 Å². The monoisotopic (exact) mass is 322 g/mol. The lowest BCUT2D eigenvalue weighted by Crippen LogP contribution is -2.07. The van der Waals surface area contributed by atoms with Crippen LogP contribution in [0.5, 0.6) is 0 Å². The highest BCUT2D eigenvalue weighted by atomic mass is 35.5. The maximum Gasteiger partial charge on any atom is 0.244 e. The molecule has 0 fully saturated rings. The molecule has 0 aromatic heterocycles. The highest BCUT2D eigenvalue weighted by Gasteiger charge is 2.17. The van der Waals surface area contributed by atoms with Crippen LogP contribution in [0.25, 0.3) is 0 Å². The first kappa shape index (κ1) is 15.5.